The van der Waals surface area contributed by atoms with Crippen molar-refractivity contribution in [3.8, 4) is 0 Å². The summed E-state index contributed by atoms with van der Waals surface area (Å²) in [6.45, 7) is 10.2. The lowest BCUT2D eigenvalue weighted by molar-refractivity contribution is -0.112. The summed E-state index contributed by atoms with van der Waals surface area (Å²) in [7, 11) is 0. The second-order valence-electron chi connectivity index (χ2n) is 10.5. The fraction of sp³-hybridized carbons (Fsp3) is 0.207. The molecule has 19 heteroatoms. The minimum atomic E-state index is -0.568. The molecule has 4 heterocycles. The molecule has 18 nitrogen and oxygen atoms in total. The van der Waals surface area contributed by atoms with E-state index in [-0.39, 0.29) is 51.9 Å². The summed E-state index contributed by atoms with van der Waals surface area (Å²) in [6.07, 6.45) is 4.55. The number of rotatable bonds is 12. The monoisotopic (exact) mass is 724 g/mol. The molecule has 0 radical (unpaired) electrons. The Hall–Kier alpha value is -6.11. The minimum absolute atomic E-state index is 0.0387. The number of aromatic nitrogens is 5. The maximum Gasteiger partial charge on any atom is 0.273 e. The van der Waals surface area contributed by atoms with Gasteiger partial charge in [0.1, 0.15) is 28.6 Å². The number of oxime groups is 1. The summed E-state index contributed by atoms with van der Waals surface area (Å²) >= 11 is 3.01. The van der Waals surface area contributed by atoms with Crippen molar-refractivity contribution in [2.24, 2.45) is 10.9 Å². The van der Waals surface area contributed by atoms with Gasteiger partial charge in [0.05, 0.1) is 21.5 Å². The molecule has 0 unspecified atom stereocenters. The first-order valence-electron chi connectivity index (χ1n) is 14.2. The molecule has 0 atom stereocenters. The Morgan fingerprint density at radius 2 is 1.23 bits per heavy atom. The maximum absolute atomic E-state index is 13.2. The summed E-state index contributed by atoms with van der Waals surface area (Å²) in [5, 5.41) is 31.4. The molecule has 252 valence electrons. The molecule has 0 saturated heterocycles. The fourth-order valence-corrected chi connectivity index (χ4v) is 4.60. The van der Waals surface area contributed by atoms with E-state index in [1.165, 1.54) is 18.6 Å². The van der Waals surface area contributed by atoms with E-state index in [1.54, 1.807) is 27.7 Å². The van der Waals surface area contributed by atoms with Gasteiger partial charge in [0.15, 0.2) is 5.82 Å². The van der Waals surface area contributed by atoms with Crippen LogP contribution in [-0.4, -0.2) is 72.3 Å². The molecule has 0 aliphatic heterocycles. The average molecular weight is 726 g/mol. The van der Waals surface area contributed by atoms with Crippen LogP contribution < -0.4 is 32.3 Å². The third-order valence-corrected chi connectivity index (χ3v) is 7.72. The number of amides is 5. The Balaban J connectivity index is 1.39. The highest BCUT2D eigenvalue weighted by molar-refractivity contribution is 9.12. The molecule has 0 aliphatic rings. The Morgan fingerprint density at radius 3 is 1.69 bits per heavy atom. The van der Waals surface area contributed by atoms with E-state index in [0.29, 0.717) is 39.3 Å². The molecule has 0 aliphatic carbocycles. The lowest BCUT2D eigenvalue weighted by Gasteiger charge is -2.07. The SMILES string of the molecule is C=C(Br)C(=O)Nc1c[nH]c(C(=O)Nc2c[nH]c(C(=O)Nc3c[nH]c(C(=O)Nc4n[nH]c(C(=O)NCCC(N)=NO)c4C)c3C)c2C)c1C. The van der Waals surface area contributed by atoms with Gasteiger partial charge in [-0.1, -0.05) is 11.7 Å². The summed E-state index contributed by atoms with van der Waals surface area (Å²) in [4.78, 5) is 72.2. The first-order chi connectivity index (χ1) is 22.7. The normalized spacial score (nSPS) is 11.1. The number of nitrogens with zero attached hydrogens (tertiary/aromatic N) is 2. The highest BCUT2D eigenvalue weighted by atomic mass is 79.9. The number of nitrogens with two attached hydrogens (primary N) is 1. The van der Waals surface area contributed by atoms with E-state index >= 15 is 0 Å². The van der Waals surface area contributed by atoms with E-state index in [9.17, 15) is 24.0 Å². The number of nitrogens with one attached hydrogen (secondary N) is 9. The van der Waals surface area contributed by atoms with Crippen molar-refractivity contribution >= 4 is 74.2 Å². The van der Waals surface area contributed by atoms with Crippen LogP contribution in [0.25, 0.3) is 0 Å². The van der Waals surface area contributed by atoms with Gasteiger partial charge in [0.25, 0.3) is 29.5 Å². The largest absolute Gasteiger partial charge is 0.409 e. The summed E-state index contributed by atoms with van der Waals surface area (Å²) < 4.78 is 0.133. The molecule has 4 rings (SSSR count). The molecular formula is C29H33BrN12O6. The first kappa shape index (κ1) is 34.8. The molecular weight excluding hydrogens is 692 g/mol. The maximum atomic E-state index is 13.2. The lowest BCUT2D eigenvalue weighted by Crippen LogP contribution is -2.28. The number of carbonyl (C=O) groups is 5. The van der Waals surface area contributed by atoms with Crippen LogP contribution in [-0.2, 0) is 4.79 Å². The van der Waals surface area contributed by atoms with Crippen molar-refractivity contribution in [1.29, 1.82) is 0 Å². The molecule has 12 N–H and O–H groups in total. The van der Waals surface area contributed by atoms with Crippen molar-refractivity contribution in [3.05, 3.63) is 74.7 Å². The van der Waals surface area contributed by atoms with E-state index in [1.807, 2.05) is 0 Å². The van der Waals surface area contributed by atoms with Gasteiger partial charge in [-0.2, -0.15) is 5.10 Å². The molecule has 4 aromatic rings. The number of anilines is 4. The standard InChI is InChI=1S/C29H33BrN12O6/c1-11-16(36-25(43)15(5)30)8-33-20(11)27(45)37-17-9-34-21(12(17)2)28(46)38-18-10-35-22(13(18)3)29(47)39-24-14(4)23(40-41-24)26(44)32-7-6-19(31)42-48/h8-10,33-35,48H,5-7H2,1-4H3,(H2,31,42)(H,32,44)(H,36,43)(H,37,45)(H,38,46)(H2,39,40,41,47). The van der Waals surface area contributed by atoms with E-state index < -0.39 is 29.5 Å². The highest BCUT2D eigenvalue weighted by Gasteiger charge is 2.23. The van der Waals surface area contributed by atoms with Crippen molar-refractivity contribution in [2.75, 3.05) is 27.8 Å². The Bertz CT molecular complexity index is 1960. The lowest BCUT2D eigenvalue weighted by atomic mass is 10.2. The first-order valence-corrected chi connectivity index (χ1v) is 15.0. The Morgan fingerprint density at radius 1 is 0.771 bits per heavy atom. The van der Waals surface area contributed by atoms with Gasteiger partial charge < -0.3 is 52.5 Å². The topological polar surface area (TPSA) is 280 Å². The van der Waals surface area contributed by atoms with Crippen LogP contribution in [0.15, 0.2) is 34.8 Å². The minimum Gasteiger partial charge on any atom is -0.409 e. The van der Waals surface area contributed by atoms with Crippen LogP contribution in [0.3, 0.4) is 0 Å². The quantitative estimate of drug-likeness (QED) is 0.0339. The predicted molar refractivity (Wildman–Crippen MR) is 181 cm³/mol. The predicted octanol–water partition coefficient (Wildman–Crippen LogP) is 3.10. The average Bonchev–Trinajstić information content (AvgIpc) is 3.80. The summed E-state index contributed by atoms with van der Waals surface area (Å²) in [5.74, 6) is -2.45. The second kappa shape index (κ2) is 14.5. The van der Waals surface area contributed by atoms with Gasteiger partial charge in [-0.15, -0.1) is 0 Å². The number of carbonyl (C=O) groups excluding carboxylic acids is 5. The van der Waals surface area contributed by atoms with Crippen molar-refractivity contribution in [1.82, 2.24) is 30.5 Å². The molecule has 0 saturated carbocycles. The number of amidine groups is 1. The van der Waals surface area contributed by atoms with Gasteiger partial charge >= 0.3 is 0 Å². The van der Waals surface area contributed by atoms with E-state index in [2.05, 4.69) is 79.4 Å². The molecule has 5 amide bonds. The number of hydrogen-bond donors (Lipinski definition) is 11. The van der Waals surface area contributed by atoms with Gasteiger partial charge in [0.2, 0.25) is 0 Å². The summed E-state index contributed by atoms with van der Waals surface area (Å²) in [5.41, 5.74) is 8.93. The van der Waals surface area contributed by atoms with Gasteiger partial charge in [0, 0.05) is 53.8 Å². The van der Waals surface area contributed by atoms with Crippen LogP contribution in [0.5, 0.6) is 0 Å². The van der Waals surface area contributed by atoms with Gasteiger partial charge in [-0.3, -0.25) is 29.1 Å². The zero-order valence-corrected chi connectivity index (χ0v) is 27.8. The number of aromatic amines is 4. The molecule has 4 aromatic heterocycles. The molecule has 0 fully saturated rings. The number of H-pyrrole nitrogens is 4. The Labute approximate surface area is 280 Å². The van der Waals surface area contributed by atoms with Crippen LogP contribution in [0.2, 0.25) is 0 Å². The van der Waals surface area contributed by atoms with Crippen molar-refractivity contribution < 1.29 is 29.2 Å². The third kappa shape index (κ3) is 7.47. The molecule has 0 bridgehead atoms. The molecule has 0 spiro atoms. The van der Waals surface area contributed by atoms with Crippen LogP contribution in [0.1, 0.15) is 70.6 Å². The molecule has 0 aromatic carbocycles. The Kier molecular flexibility index (Phi) is 10.5. The van der Waals surface area contributed by atoms with Crippen molar-refractivity contribution in [2.45, 2.75) is 34.1 Å². The van der Waals surface area contributed by atoms with Crippen LogP contribution in [0.4, 0.5) is 22.9 Å². The summed E-state index contributed by atoms with van der Waals surface area (Å²) in [6, 6.07) is 0. The zero-order chi connectivity index (χ0) is 35.3. The highest BCUT2D eigenvalue weighted by Crippen LogP contribution is 2.26. The molecule has 48 heavy (non-hydrogen) atoms. The number of halogens is 1. The number of hydrogen-bond acceptors (Lipinski definition) is 8. The third-order valence-electron chi connectivity index (χ3n) is 7.36. The van der Waals surface area contributed by atoms with Crippen LogP contribution >= 0.6 is 15.9 Å². The second-order valence-corrected chi connectivity index (χ2v) is 11.5. The van der Waals surface area contributed by atoms with Crippen molar-refractivity contribution in [3.63, 3.8) is 0 Å². The smallest absolute Gasteiger partial charge is 0.273 e. The van der Waals surface area contributed by atoms with Crippen LogP contribution in [0, 0.1) is 27.7 Å². The van der Waals surface area contributed by atoms with Gasteiger partial charge in [-0.25, -0.2) is 0 Å². The fourth-order valence-electron chi connectivity index (χ4n) is 4.50. The zero-order valence-electron chi connectivity index (χ0n) is 26.2. The van der Waals surface area contributed by atoms with E-state index in [4.69, 9.17) is 10.9 Å². The van der Waals surface area contributed by atoms with Gasteiger partial charge in [-0.05, 0) is 43.6 Å². The van der Waals surface area contributed by atoms with E-state index in [0.717, 1.165) is 0 Å².